The van der Waals surface area contributed by atoms with Crippen LogP contribution in [0.4, 0.5) is 0 Å². The molecule has 0 saturated carbocycles. The number of nitrogens with one attached hydrogen (secondary N) is 1. The summed E-state index contributed by atoms with van der Waals surface area (Å²) in [6.07, 6.45) is 1.23. The molecule has 0 fully saturated rings. The zero-order valence-electron chi connectivity index (χ0n) is 19.8. The Morgan fingerprint density at radius 3 is 2.03 bits per heavy atom. The maximum absolute atomic E-state index is 13.5. The molecule has 178 valence electrons. The van der Waals surface area contributed by atoms with Gasteiger partial charge < -0.3 is 19.7 Å². The minimum absolute atomic E-state index is 0.167. The van der Waals surface area contributed by atoms with E-state index in [1.807, 2.05) is 67.6 Å². The minimum Gasteiger partial charge on any atom is -0.497 e. The molecular weight excluding hydrogens is 428 g/mol. The number of hydrogen-bond donors (Lipinski definition) is 1. The fourth-order valence-electron chi connectivity index (χ4n) is 3.60. The molecule has 0 saturated heterocycles. The molecule has 0 aromatic heterocycles. The molecule has 6 heteroatoms. The molecule has 0 heterocycles. The zero-order chi connectivity index (χ0) is 24.2. The van der Waals surface area contributed by atoms with Crippen LogP contribution in [0.25, 0.3) is 0 Å². The van der Waals surface area contributed by atoms with Gasteiger partial charge in [-0.15, -0.1) is 0 Å². The van der Waals surface area contributed by atoms with Gasteiger partial charge in [0.1, 0.15) is 17.5 Å². The Balaban J connectivity index is 1.84. The van der Waals surface area contributed by atoms with E-state index in [9.17, 15) is 9.59 Å². The molecule has 3 aromatic rings. The standard InChI is InChI=1S/C28H32N2O4/c1-3-18-29-28(32)26(19-22-10-6-4-7-11-22)30(20-23-12-8-5-9-13-23)27(31)21-34-25-16-14-24(33-2)15-17-25/h4-17,26H,3,18-21H2,1-2H3,(H,29,32)/t26-/m0/s1. The van der Waals surface area contributed by atoms with Gasteiger partial charge in [0.05, 0.1) is 7.11 Å². The Morgan fingerprint density at radius 1 is 0.853 bits per heavy atom. The first-order chi connectivity index (χ1) is 16.6. The number of nitrogens with zero attached hydrogens (tertiary/aromatic N) is 1. The molecule has 0 radical (unpaired) electrons. The van der Waals surface area contributed by atoms with Crippen molar-refractivity contribution in [2.24, 2.45) is 0 Å². The van der Waals surface area contributed by atoms with E-state index in [0.29, 0.717) is 31.0 Å². The summed E-state index contributed by atoms with van der Waals surface area (Å²) in [4.78, 5) is 28.3. The summed E-state index contributed by atoms with van der Waals surface area (Å²) in [5.74, 6) is 0.843. The number of carbonyl (C=O) groups excluding carboxylic acids is 2. The van der Waals surface area contributed by atoms with E-state index in [-0.39, 0.29) is 18.4 Å². The largest absolute Gasteiger partial charge is 0.497 e. The predicted molar refractivity (Wildman–Crippen MR) is 133 cm³/mol. The topological polar surface area (TPSA) is 67.9 Å². The summed E-state index contributed by atoms with van der Waals surface area (Å²) in [6, 6.07) is 25.8. The van der Waals surface area contributed by atoms with Crippen molar-refractivity contribution in [1.29, 1.82) is 0 Å². The SMILES string of the molecule is CCCNC(=O)[C@H](Cc1ccccc1)N(Cc1ccccc1)C(=O)COc1ccc(OC)cc1. The highest BCUT2D eigenvalue weighted by Crippen LogP contribution is 2.19. The van der Waals surface area contributed by atoms with E-state index in [1.165, 1.54) is 0 Å². The molecule has 0 aliphatic carbocycles. The predicted octanol–water partition coefficient (Wildman–Crippen LogP) is 4.24. The molecule has 1 N–H and O–H groups in total. The third kappa shape index (κ3) is 7.37. The van der Waals surface area contributed by atoms with E-state index in [1.54, 1.807) is 36.3 Å². The van der Waals surface area contributed by atoms with Crippen molar-refractivity contribution in [3.05, 3.63) is 96.1 Å². The average Bonchev–Trinajstić information content (AvgIpc) is 2.89. The van der Waals surface area contributed by atoms with Gasteiger partial charge in [0, 0.05) is 19.5 Å². The lowest BCUT2D eigenvalue weighted by molar-refractivity contribution is -0.142. The van der Waals surface area contributed by atoms with E-state index < -0.39 is 6.04 Å². The first-order valence-electron chi connectivity index (χ1n) is 11.5. The molecule has 0 aliphatic heterocycles. The maximum Gasteiger partial charge on any atom is 0.261 e. The van der Waals surface area contributed by atoms with E-state index in [2.05, 4.69) is 5.32 Å². The van der Waals surface area contributed by atoms with Gasteiger partial charge >= 0.3 is 0 Å². The van der Waals surface area contributed by atoms with Crippen LogP contribution in [-0.2, 0) is 22.6 Å². The second-order valence-electron chi connectivity index (χ2n) is 7.97. The molecule has 0 unspecified atom stereocenters. The smallest absolute Gasteiger partial charge is 0.261 e. The third-order valence-corrected chi connectivity index (χ3v) is 5.44. The Kier molecular flexibility index (Phi) is 9.52. The highest BCUT2D eigenvalue weighted by Gasteiger charge is 2.30. The minimum atomic E-state index is -0.666. The van der Waals surface area contributed by atoms with Crippen molar-refractivity contribution in [3.8, 4) is 11.5 Å². The normalized spacial score (nSPS) is 11.4. The summed E-state index contributed by atoms with van der Waals surface area (Å²) in [5.41, 5.74) is 1.93. The van der Waals surface area contributed by atoms with E-state index >= 15 is 0 Å². The van der Waals surface area contributed by atoms with Gasteiger partial charge in [-0.1, -0.05) is 67.6 Å². The van der Waals surface area contributed by atoms with Crippen LogP contribution in [0.15, 0.2) is 84.9 Å². The summed E-state index contributed by atoms with van der Waals surface area (Å²) in [5, 5.41) is 2.97. The molecule has 0 bridgehead atoms. The van der Waals surface area contributed by atoms with Crippen LogP contribution >= 0.6 is 0 Å². The van der Waals surface area contributed by atoms with Crippen LogP contribution in [0, 0.1) is 0 Å². The third-order valence-electron chi connectivity index (χ3n) is 5.44. The van der Waals surface area contributed by atoms with Gasteiger partial charge in [-0.2, -0.15) is 0 Å². The van der Waals surface area contributed by atoms with Gasteiger partial charge in [0.2, 0.25) is 5.91 Å². The molecule has 2 amide bonds. The zero-order valence-corrected chi connectivity index (χ0v) is 19.8. The second-order valence-corrected chi connectivity index (χ2v) is 7.97. The first-order valence-corrected chi connectivity index (χ1v) is 11.5. The van der Waals surface area contributed by atoms with Crippen molar-refractivity contribution in [1.82, 2.24) is 10.2 Å². The molecule has 0 spiro atoms. The maximum atomic E-state index is 13.5. The van der Waals surface area contributed by atoms with Crippen LogP contribution < -0.4 is 14.8 Å². The van der Waals surface area contributed by atoms with Gasteiger partial charge in [0.25, 0.3) is 5.91 Å². The number of amides is 2. The molecule has 0 aliphatic rings. The molecule has 34 heavy (non-hydrogen) atoms. The Bertz CT molecular complexity index is 1020. The molecule has 6 nitrogen and oxygen atoms in total. The van der Waals surface area contributed by atoms with E-state index in [0.717, 1.165) is 17.5 Å². The summed E-state index contributed by atoms with van der Waals surface area (Å²) < 4.78 is 10.9. The number of benzene rings is 3. The number of methoxy groups -OCH3 is 1. The van der Waals surface area contributed by atoms with Crippen molar-refractivity contribution in [2.75, 3.05) is 20.3 Å². The number of rotatable bonds is 12. The lowest BCUT2D eigenvalue weighted by Gasteiger charge is -2.31. The highest BCUT2D eigenvalue weighted by atomic mass is 16.5. The molecular formula is C28H32N2O4. The molecule has 1 atom stereocenters. The summed E-state index contributed by atoms with van der Waals surface area (Å²) in [6.45, 7) is 2.69. The van der Waals surface area contributed by atoms with E-state index in [4.69, 9.17) is 9.47 Å². The van der Waals surface area contributed by atoms with Crippen molar-refractivity contribution in [3.63, 3.8) is 0 Å². The highest BCUT2D eigenvalue weighted by molar-refractivity contribution is 5.88. The van der Waals surface area contributed by atoms with Crippen LogP contribution in [0.5, 0.6) is 11.5 Å². The van der Waals surface area contributed by atoms with Crippen molar-refractivity contribution in [2.45, 2.75) is 32.4 Å². The number of hydrogen-bond acceptors (Lipinski definition) is 4. The Hall–Kier alpha value is -3.80. The van der Waals surface area contributed by atoms with Crippen LogP contribution in [0.3, 0.4) is 0 Å². The van der Waals surface area contributed by atoms with Crippen molar-refractivity contribution < 1.29 is 19.1 Å². The molecule has 3 rings (SSSR count). The fraction of sp³-hybridized carbons (Fsp3) is 0.286. The lowest BCUT2D eigenvalue weighted by Crippen LogP contribution is -2.51. The summed E-state index contributed by atoms with van der Waals surface area (Å²) in [7, 11) is 1.59. The monoisotopic (exact) mass is 460 g/mol. The quantitative estimate of drug-likeness (QED) is 0.439. The lowest BCUT2D eigenvalue weighted by atomic mass is 10.0. The summed E-state index contributed by atoms with van der Waals surface area (Å²) >= 11 is 0. The van der Waals surface area contributed by atoms with Crippen LogP contribution in [-0.4, -0.2) is 43.0 Å². The van der Waals surface area contributed by atoms with Crippen LogP contribution in [0.1, 0.15) is 24.5 Å². The Morgan fingerprint density at radius 2 is 1.44 bits per heavy atom. The Labute approximate surface area is 201 Å². The van der Waals surface area contributed by atoms with Gasteiger partial charge in [-0.05, 0) is 41.8 Å². The fourth-order valence-corrected chi connectivity index (χ4v) is 3.60. The van der Waals surface area contributed by atoms with Crippen molar-refractivity contribution >= 4 is 11.8 Å². The first kappa shape index (κ1) is 24.8. The second kappa shape index (κ2) is 13.0. The number of ether oxygens (including phenoxy) is 2. The van der Waals surface area contributed by atoms with Gasteiger partial charge in [-0.3, -0.25) is 9.59 Å². The molecule has 3 aromatic carbocycles. The van der Waals surface area contributed by atoms with Gasteiger partial charge in [-0.25, -0.2) is 0 Å². The van der Waals surface area contributed by atoms with Crippen LogP contribution in [0.2, 0.25) is 0 Å². The number of carbonyl (C=O) groups is 2. The average molecular weight is 461 g/mol. The van der Waals surface area contributed by atoms with Gasteiger partial charge in [0.15, 0.2) is 6.61 Å².